The number of hydrogen-bond acceptors (Lipinski definition) is 7. The Kier molecular flexibility index (Phi) is 5.72. The van der Waals surface area contributed by atoms with Crippen LogP contribution in [0.2, 0.25) is 0 Å². The molecule has 0 fully saturated rings. The van der Waals surface area contributed by atoms with Crippen molar-refractivity contribution in [1.29, 1.82) is 0 Å². The monoisotopic (exact) mass is 454 g/mol. The smallest absolute Gasteiger partial charge is 0.238 e. The van der Waals surface area contributed by atoms with Gasteiger partial charge in [0.25, 0.3) is 0 Å². The van der Waals surface area contributed by atoms with Gasteiger partial charge in [-0.25, -0.2) is 28.2 Å². The largest absolute Gasteiger partial charge is 0.325 e. The molecule has 2 aromatic heterocycles. The van der Waals surface area contributed by atoms with E-state index in [1.165, 1.54) is 42.4 Å². The van der Waals surface area contributed by atoms with Crippen molar-refractivity contribution in [3.8, 4) is 5.69 Å². The summed E-state index contributed by atoms with van der Waals surface area (Å²) in [6.45, 7) is 2.02. The van der Waals surface area contributed by atoms with Gasteiger partial charge in [-0.05, 0) is 43.3 Å². The molecule has 0 spiro atoms. The van der Waals surface area contributed by atoms with Gasteiger partial charge in [0.05, 0.1) is 27.9 Å². The quantitative estimate of drug-likeness (QED) is 0.338. The molecule has 0 atom stereocenters. The van der Waals surface area contributed by atoms with E-state index >= 15 is 0 Å². The lowest BCUT2D eigenvalue weighted by Crippen LogP contribution is -2.15. The van der Waals surface area contributed by atoms with Crippen molar-refractivity contribution < 1.29 is 13.2 Å². The summed E-state index contributed by atoms with van der Waals surface area (Å²) in [5.74, 6) is -0.148. The van der Waals surface area contributed by atoms with Crippen molar-refractivity contribution in [1.82, 2.24) is 19.7 Å². The average Bonchev–Trinajstić information content (AvgIpc) is 3.17. The molecule has 31 heavy (non-hydrogen) atoms. The maximum atomic E-state index is 12.3. The van der Waals surface area contributed by atoms with Gasteiger partial charge in [0.15, 0.2) is 5.65 Å². The third-order valence-electron chi connectivity index (χ3n) is 4.41. The predicted octanol–water partition coefficient (Wildman–Crippen LogP) is 2.50. The summed E-state index contributed by atoms with van der Waals surface area (Å²) >= 11 is 1.26. The van der Waals surface area contributed by atoms with E-state index in [-0.39, 0.29) is 16.6 Å². The summed E-state index contributed by atoms with van der Waals surface area (Å²) in [7, 11) is -3.77. The molecule has 0 radical (unpaired) electrons. The van der Waals surface area contributed by atoms with Crippen molar-refractivity contribution >= 4 is 44.4 Å². The topological polar surface area (TPSA) is 133 Å². The Morgan fingerprint density at radius 1 is 1.10 bits per heavy atom. The number of thioether (sulfide) groups is 1. The SMILES string of the molecule is Cc1ccc(-n2ncc3c(SCC(=O)Nc4ccc(S(N)(=O)=O)cc4)ncnc32)cc1. The number of aromatic nitrogens is 4. The number of carbonyl (C=O) groups is 1. The molecular weight excluding hydrogens is 436 g/mol. The number of hydrogen-bond donors (Lipinski definition) is 2. The van der Waals surface area contributed by atoms with Crippen LogP contribution in [-0.2, 0) is 14.8 Å². The molecule has 9 nitrogen and oxygen atoms in total. The lowest BCUT2D eigenvalue weighted by Gasteiger charge is -2.07. The fourth-order valence-electron chi connectivity index (χ4n) is 2.87. The molecule has 0 aliphatic rings. The minimum Gasteiger partial charge on any atom is -0.325 e. The van der Waals surface area contributed by atoms with Crippen LogP contribution in [0, 0.1) is 6.92 Å². The summed E-state index contributed by atoms with van der Waals surface area (Å²) in [5, 5.41) is 13.6. The molecule has 1 amide bonds. The number of sulfonamides is 1. The van der Waals surface area contributed by atoms with Crippen LogP contribution >= 0.6 is 11.8 Å². The zero-order valence-corrected chi connectivity index (χ0v) is 18.0. The fourth-order valence-corrected chi connectivity index (χ4v) is 4.15. The van der Waals surface area contributed by atoms with Crippen LogP contribution in [0.15, 0.2) is 71.0 Å². The number of nitrogens with two attached hydrogens (primary N) is 1. The molecule has 0 aliphatic carbocycles. The van der Waals surface area contributed by atoms with Crippen LogP contribution in [0.1, 0.15) is 5.56 Å². The molecule has 0 aliphatic heterocycles. The van der Waals surface area contributed by atoms with Crippen molar-refractivity contribution in [2.24, 2.45) is 5.14 Å². The van der Waals surface area contributed by atoms with Gasteiger partial charge in [0, 0.05) is 5.69 Å². The first-order valence-corrected chi connectivity index (χ1v) is 11.7. The summed E-state index contributed by atoms with van der Waals surface area (Å²) in [6.07, 6.45) is 3.13. The molecular formula is C20H18N6O3S2. The zero-order chi connectivity index (χ0) is 22.0. The highest BCUT2D eigenvalue weighted by Gasteiger charge is 2.13. The molecule has 3 N–H and O–H groups in total. The highest BCUT2D eigenvalue weighted by molar-refractivity contribution is 8.00. The second kappa shape index (κ2) is 8.46. The van der Waals surface area contributed by atoms with Gasteiger partial charge in [-0.15, -0.1) is 0 Å². The number of carbonyl (C=O) groups excluding carboxylic acids is 1. The second-order valence-corrected chi connectivity index (χ2v) is 9.24. The molecule has 2 heterocycles. The molecule has 2 aromatic carbocycles. The van der Waals surface area contributed by atoms with Crippen LogP contribution in [0.4, 0.5) is 5.69 Å². The number of nitrogens with one attached hydrogen (secondary N) is 1. The fraction of sp³-hybridized carbons (Fsp3) is 0.100. The Hall–Kier alpha value is -3.28. The lowest BCUT2D eigenvalue weighted by molar-refractivity contribution is -0.113. The predicted molar refractivity (Wildman–Crippen MR) is 119 cm³/mol. The number of amides is 1. The number of fused-ring (bicyclic) bond motifs is 1. The number of primary sulfonamides is 1. The summed E-state index contributed by atoms with van der Waals surface area (Å²) in [6, 6.07) is 13.6. The molecule has 11 heteroatoms. The van der Waals surface area contributed by atoms with E-state index in [9.17, 15) is 13.2 Å². The van der Waals surface area contributed by atoms with Gasteiger partial charge in [-0.2, -0.15) is 5.10 Å². The Labute approximate surface area is 182 Å². The first-order valence-electron chi connectivity index (χ1n) is 9.12. The number of rotatable bonds is 6. The standard InChI is InChI=1S/C20H18N6O3S2/c1-13-2-6-15(7-3-13)26-19-17(10-24-26)20(23-12-22-19)30-11-18(27)25-14-4-8-16(9-5-14)31(21,28)29/h2-10,12H,11H2,1H3,(H,25,27)(H2,21,28,29). The maximum absolute atomic E-state index is 12.3. The number of benzene rings is 2. The third-order valence-corrected chi connectivity index (χ3v) is 6.35. The van der Waals surface area contributed by atoms with Crippen LogP contribution in [0.25, 0.3) is 16.7 Å². The van der Waals surface area contributed by atoms with Gasteiger partial charge < -0.3 is 5.32 Å². The van der Waals surface area contributed by atoms with E-state index in [4.69, 9.17) is 5.14 Å². The van der Waals surface area contributed by atoms with E-state index in [1.807, 2.05) is 31.2 Å². The Balaban J connectivity index is 1.46. The van der Waals surface area contributed by atoms with Crippen LogP contribution in [0.3, 0.4) is 0 Å². The zero-order valence-electron chi connectivity index (χ0n) is 16.4. The summed E-state index contributed by atoms with van der Waals surface area (Å²) in [4.78, 5) is 20.9. The summed E-state index contributed by atoms with van der Waals surface area (Å²) in [5.41, 5.74) is 3.16. The molecule has 4 rings (SSSR count). The molecule has 4 aromatic rings. The highest BCUT2D eigenvalue weighted by Crippen LogP contribution is 2.26. The molecule has 0 saturated carbocycles. The Morgan fingerprint density at radius 2 is 1.81 bits per heavy atom. The minimum atomic E-state index is -3.77. The molecule has 0 unspecified atom stereocenters. The normalized spacial score (nSPS) is 11.5. The first-order chi connectivity index (χ1) is 14.8. The van der Waals surface area contributed by atoms with Crippen LogP contribution < -0.4 is 10.5 Å². The number of nitrogens with zero attached hydrogens (tertiary/aromatic N) is 4. The van der Waals surface area contributed by atoms with Crippen molar-refractivity contribution in [3.05, 3.63) is 66.6 Å². The van der Waals surface area contributed by atoms with E-state index in [0.29, 0.717) is 16.4 Å². The van der Waals surface area contributed by atoms with E-state index in [1.54, 1.807) is 10.9 Å². The van der Waals surface area contributed by atoms with E-state index < -0.39 is 10.0 Å². The highest BCUT2D eigenvalue weighted by atomic mass is 32.2. The minimum absolute atomic E-state index is 0.0196. The Morgan fingerprint density at radius 3 is 2.48 bits per heavy atom. The van der Waals surface area contributed by atoms with Crippen LogP contribution in [-0.4, -0.2) is 39.8 Å². The van der Waals surface area contributed by atoms with Crippen LogP contribution in [0.5, 0.6) is 0 Å². The number of aryl methyl sites for hydroxylation is 1. The number of anilines is 1. The van der Waals surface area contributed by atoms with Crippen molar-refractivity contribution in [2.75, 3.05) is 11.1 Å². The van der Waals surface area contributed by atoms with E-state index in [2.05, 4.69) is 20.4 Å². The molecule has 0 bridgehead atoms. The van der Waals surface area contributed by atoms with Gasteiger partial charge in [0.2, 0.25) is 15.9 Å². The average molecular weight is 455 g/mol. The lowest BCUT2D eigenvalue weighted by atomic mass is 10.2. The molecule has 0 saturated heterocycles. The van der Waals surface area contributed by atoms with Gasteiger partial charge in [-0.1, -0.05) is 29.5 Å². The van der Waals surface area contributed by atoms with Crippen molar-refractivity contribution in [3.63, 3.8) is 0 Å². The Bertz CT molecular complexity index is 1350. The maximum Gasteiger partial charge on any atom is 0.238 e. The second-order valence-electron chi connectivity index (χ2n) is 6.71. The third kappa shape index (κ3) is 4.74. The van der Waals surface area contributed by atoms with Gasteiger partial charge in [-0.3, -0.25) is 4.79 Å². The van der Waals surface area contributed by atoms with E-state index in [0.717, 1.165) is 16.6 Å². The van der Waals surface area contributed by atoms with Crippen molar-refractivity contribution in [2.45, 2.75) is 16.8 Å². The van der Waals surface area contributed by atoms with Gasteiger partial charge in [0.1, 0.15) is 11.4 Å². The molecule has 158 valence electrons. The first kappa shape index (κ1) is 21.0. The summed E-state index contributed by atoms with van der Waals surface area (Å²) < 4.78 is 24.3. The van der Waals surface area contributed by atoms with Gasteiger partial charge >= 0.3 is 0 Å².